The zero-order chi connectivity index (χ0) is 33.7. The zero-order valence-electron chi connectivity index (χ0n) is 27.7. The highest BCUT2D eigenvalue weighted by molar-refractivity contribution is 6.14. The minimum atomic E-state index is 0.860. The number of para-hydroxylation sites is 3. The van der Waals surface area contributed by atoms with Gasteiger partial charge in [-0.05, 0) is 82.4 Å². The molecule has 240 valence electrons. The number of nitrogens with zero attached hydrogens (tertiary/aromatic N) is 1. The van der Waals surface area contributed by atoms with Crippen LogP contribution in [0.1, 0.15) is 0 Å². The van der Waals surface area contributed by atoms with Crippen molar-refractivity contribution in [2.24, 2.45) is 0 Å². The lowest BCUT2D eigenvalue weighted by Gasteiger charge is -2.28. The highest BCUT2D eigenvalue weighted by Crippen LogP contribution is 2.46. The summed E-state index contributed by atoms with van der Waals surface area (Å²) in [5, 5.41) is 4.45. The summed E-state index contributed by atoms with van der Waals surface area (Å²) < 4.78 is 12.6. The van der Waals surface area contributed by atoms with Gasteiger partial charge in [0.2, 0.25) is 0 Å². The van der Waals surface area contributed by atoms with Crippen molar-refractivity contribution >= 4 is 60.9 Å². The van der Waals surface area contributed by atoms with Gasteiger partial charge in [-0.1, -0.05) is 133 Å². The van der Waals surface area contributed by atoms with Crippen molar-refractivity contribution in [1.29, 1.82) is 0 Å². The lowest BCUT2D eigenvalue weighted by atomic mass is 9.97. The Bertz CT molecular complexity index is 2840. The summed E-state index contributed by atoms with van der Waals surface area (Å²) in [5.41, 5.74) is 13.7. The predicted molar refractivity (Wildman–Crippen MR) is 212 cm³/mol. The molecule has 10 aromatic rings. The minimum Gasteiger partial charge on any atom is -0.456 e. The number of fused-ring (bicyclic) bond motifs is 6. The summed E-state index contributed by atoms with van der Waals surface area (Å²) in [7, 11) is 0. The van der Waals surface area contributed by atoms with Crippen LogP contribution < -0.4 is 4.90 Å². The first kappa shape index (κ1) is 29.1. The molecule has 0 amide bonds. The van der Waals surface area contributed by atoms with E-state index in [0.29, 0.717) is 0 Å². The molecule has 0 spiro atoms. The average Bonchev–Trinajstić information content (AvgIpc) is 3.77. The smallest absolute Gasteiger partial charge is 0.137 e. The highest BCUT2D eigenvalue weighted by atomic mass is 16.3. The molecule has 0 aliphatic rings. The van der Waals surface area contributed by atoms with Crippen LogP contribution in [0.5, 0.6) is 0 Å². The van der Waals surface area contributed by atoms with Crippen molar-refractivity contribution in [3.63, 3.8) is 0 Å². The first-order chi connectivity index (χ1) is 25.3. The van der Waals surface area contributed by atoms with E-state index in [9.17, 15) is 0 Å². The Morgan fingerprint density at radius 2 is 0.843 bits per heavy atom. The van der Waals surface area contributed by atoms with E-state index in [4.69, 9.17) is 8.83 Å². The first-order valence-corrected chi connectivity index (χ1v) is 17.3. The molecule has 0 bridgehead atoms. The van der Waals surface area contributed by atoms with E-state index in [-0.39, 0.29) is 0 Å². The average molecular weight is 654 g/mol. The maximum Gasteiger partial charge on any atom is 0.137 e. The molecule has 0 unspecified atom stereocenters. The van der Waals surface area contributed by atoms with E-state index in [2.05, 4.69) is 169 Å². The standard InChI is InChI=1S/C48H31NO2/c1-2-11-32(12-3-1)33-21-23-35(24-22-33)38-13-4-7-16-42(38)49(43-17-10-20-46-48(43)41-15-6-9-19-45(41)50-46)37-28-25-34(26-29-37)36-27-30-40-39-14-5-8-18-44(39)51-47(40)31-36/h1-31H. The quantitative estimate of drug-likeness (QED) is 0.179. The molecule has 2 aromatic heterocycles. The Morgan fingerprint density at radius 3 is 1.67 bits per heavy atom. The third-order valence-electron chi connectivity index (χ3n) is 9.91. The molecule has 3 heteroatoms. The van der Waals surface area contributed by atoms with Gasteiger partial charge in [0.15, 0.2) is 0 Å². The molecular formula is C48H31NO2. The largest absolute Gasteiger partial charge is 0.456 e. The first-order valence-electron chi connectivity index (χ1n) is 17.3. The van der Waals surface area contributed by atoms with E-state index in [1.165, 1.54) is 11.1 Å². The molecule has 0 atom stereocenters. The normalized spacial score (nSPS) is 11.5. The van der Waals surface area contributed by atoms with Gasteiger partial charge in [0.1, 0.15) is 22.3 Å². The molecule has 51 heavy (non-hydrogen) atoms. The molecule has 3 nitrogen and oxygen atoms in total. The van der Waals surface area contributed by atoms with Crippen LogP contribution in [0.15, 0.2) is 197 Å². The monoisotopic (exact) mass is 653 g/mol. The Kier molecular flexibility index (Phi) is 6.81. The fourth-order valence-electron chi connectivity index (χ4n) is 7.44. The molecule has 0 aliphatic heterocycles. The van der Waals surface area contributed by atoms with Gasteiger partial charge in [0, 0.05) is 27.4 Å². The predicted octanol–water partition coefficient (Wildman–Crippen LogP) is 14.0. The molecule has 0 fully saturated rings. The van der Waals surface area contributed by atoms with E-state index in [1.54, 1.807) is 0 Å². The molecule has 2 heterocycles. The van der Waals surface area contributed by atoms with Crippen LogP contribution in [0.3, 0.4) is 0 Å². The van der Waals surface area contributed by atoms with E-state index < -0.39 is 0 Å². The molecular weight excluding hydrogens is 623 g/mol. The van der Waals surface area contributed by atoms with Crippen LogP contribution >= 0.6 is 0 Å². The number of hydrogen-bond donors (Lipinski definition) is 0. The molecule has 0 saturated carbocycles. The van der Waals surface area contributed by atoms with Crippen LogP contribution in [0.25, 0.3) is 77.3 Å². The summed E-state index contributed by atoms with van der Waals surface area (Å²) >= 11 is 0. The van der Waals surface area contributed by atoms with Crippen molar-refractivity contribution in [2.75, 3.05) is 4.90 Å². The van der Waals surface area contributed by atoms with Crippen molar-refractivity contribution in [1.82, 2.24) is 0 Å². The Hall–Kier alpha value is -6.84. The summed E-state index contributed by atoms with van der Waals surface area (Å²) in [6.45, 7) is 0. The Morgan fingerprint density at radius 1 is 0.314 bits per heavy atom. The summed E-state index contributed by atoms with van der Waals surface area (Å²) in [4.78, 5) is 2.37. The lowest BCUT2D eigenvalue weighted by molar-refractivity contribution is 0.668. The molecule has 0 aliphatic carbocycles. The number of hydrogen-bond acceptors (Lipinski definition) is 3. The Labute approximate surface area is 295 Å². The van der Waals surface area contributed by atoms with Gasteiger partial charge in [-0.3, -0.25) is 0 Å². The third kappa shape index (κ3) is 4.98. The zero-order valence-corrected chi connectivity index (χ0v) is 27.7. The molecule has 0 N–H and O–H groups in total. The van der Waals surface area contributed by atoms with Gasteiger partial charge in [-0.25, -0.2) is 0 Å². The van der Waals surface area contributed by atoms with Gasteiger partial charge in [0.25, 0.3) is 0 Å². The van der Waals surface area contributed by atoms with Crippen molar-refractivity contribution in [2.45, 2.75) is 0 Å². The second-order valence-electron chi connectivity index (χ2n) is 12.9. The van der Waals surface area contributed by atoms with Crippen LogP contribution in [-0.4, -0.2) is 0 Å². The van der Waals surface area contributed by atoms with Gasteiger partial charge in [-0.15, -0.1) is 0 Å². The molecule has 8 aromatic carbocycles. The second kappa shape index (κ2) is 11.9. The number of benzene rings is 8. The SMILES string of the molecule is c1ccc(-c2ccc(-c3ccccc3N(c3ccc(-c4ccc5c(c4)oc4ccccc45)cc3)c3cccc4oc5ccccc5c34)cc2)cc1. The third-order valence-corrected chi connectivity index (χ3v) is 9.91. The fraction of sp³-hybridized carbons (Fsp3) is 0. The summed E-state index contributed by atoms with van der Waals surface area (Å²) in [6.07, 6.45) is 0. The molecule has 0 saturated heterocycles. The fourth-order valence-corrected chi connectivity index (χ4v) is 7.44. The number of rotatable bonds is 6. The van der Waals surface area contributed by atoms with E-state index in [0.717, 1.165) is 83.2 Å². The van der Waals surface area contributed by atoms with Crippen LogP contribution in [0, 0.1) is 0 Å². The number of furan rings is 2. The van der Waals surface area contributed by atoms with Crippen molar-refractivity contribution < 1.29 is 8.83 Å². The maximum absolute atomic E-state index is 6.38. The van der Waals surface area contributed by atoms with Crippen molar-refractivity contribution in [3.05, 3.63) is 188 Å². The highest BCUT2D eigenvalue weighted by Gasteiger charge is 2.22. The van der Waals surface area contributed by atoms with Crippen LogP contribution in [0.2, 0.25) is 0 Å². The summed E-state index contributed by atoms with van der Waals surface area (Å²) in [6, 6.07) is 66.2. The Balaban J connectivity index is 1.13. The molecule has 0 radical (unpaired) electrons. The lowest BCUT2D eigenvalue weighted by Crippen LogP contribution is -2.11. The van der Waals surface area contributed by atoms with E-state index >= 15 is 0 Å². The minimum absolute atomic E-state index is 0.860. The summed E-state index contributed by atoms with van der Waals surface area (Å²) in [5.74, 6) is 0. The van der Waals surface area contributed by atoms with Gasteiger partial charge in [-0.2, -0.15) is 0 Å². The van der Waals surface area contributed by atoms with Gasteiger partial charge < -0.3 is 13.7 Å². The van der Waals surface area contributed by atoms with Crippen molar-refractivity contribution in [3.8, 4) is 33.4 Å². The maximum atomic E-state index is 6.38. The number of anilines is 3. The van der Waals surface area contributed by atoms with Gasteiger partial charge >= 0.3 is 0 Å². The van der Waals surface area contributed by atoms with Crippen LogP contribution in [0.4, 0.5) is 17.1 Å². The second-order valence-corrected chi connectivity index (χ2v) is 12.9. The molecule has 10 rings (SSSR count). The van der Waals surface area contributed by atoms with E-state index in [1.807, 2.05) is 24.3 Å². The topological polar surface area (TPSA) is 29.5 Å². The van der Waals surface area contributed by atoms with Crippen LogP contribution in [-0.2, 0) is 0 Å². The van der Waals surface area contributed by atoms with Gasteiger partial charge in [0.05, 0.1) is 16.8 Å².